The molecule has 13 heavy (non-hydrogen) atoms. The summed E-state index contributed by atoms with van der Waals surface area (Å²) < 4.78 is 4.84. The number of carbonyl (C=O) groups is 3. The van der Waals surface area contributed by atoms with Crippen LogP contribution in [0, 0.1) is 0 Å². The quantitative estimate of drug-likeness (QED) is 0.460. The predicted octanol–water partition coefficient (Wildman–Crippen LogP) is -2.05. The summed E-state index contributed by atoms with van der Waals surface area (Å²) in [6.45, 7) is 0.374. The van der Waals surface area contributed by atoms with Gasteiger partial charge in [-0.3, -0.25) is 14.4 Å². The van der Waals surface area contributed by atoms with Crippen LogP contribution >= 0.6 is 0 Å². The van der Waals surface area contributed by atoms with Gasteiger partial charge in [0.25, 0.3) is 0 Å². The molecule has 0 aromatic heterocycles. The van der Waals surface area contributed by atoms with Crippen molar-refractivity contribution in [2.75, 3.05) is 13.2 Å². The van der Waals surface area contributed by atoms with Gasteiger partial charge < -0.3 is 15.8 Å². The number of Topliss-reactive ketones (excluding diaryl/α,β-unsaturated/α-hetero) is 1. The van der Waals surface area contributed by atoms with Crippen LogP contribution in [0.5, 0.6) is 0 Å². The Morgan fingerprint density at radius 1 is 1.54 bits per heavy atom. The fourth-order valence-corrected chi connectivity index (χ4v) is 1.02. The maximum absolute atomic E-state index is 11.1. The second-order valence-electron chi connectivity index (χ2n) is 2.70. The molecule has 0 aromatic rings. The molecule has 2 amide bonds. The van der Waals surface area contributed by atoms with Crippen LogP contribution in [0.3, 0.4) is 0 Å². The minimum Gasteiger partial charge on any atom is -0.374 e. The molecule has 3 N–H and O–H groups in total. The number of hydrogen-bond donors (Lipinski definition) is 2. The third-order valence-corrected chi connectivity index (χ3v) is 1.71. The normalized spacial score (nSPS) is 22.5. The standard InChI is InChI=1S/C7H10N2O4/c8-6(11)7(12)9-4-1-2-13-3-5(4)10/h4H,1-3H2,(H2,8,11)(H,9,12). The lowest BCUT2D eigenvalue weighted by atomic mass is 10.1. The van der Waals surface area contributed by atoms with Gasteiger partial charge >= 0.3 is 11.8 Å². The minimum absolute atomic E-state index is 0.0241. The first-order valence-electron chi connectivity index (χ1n) is 3.82. The van der Waals surface area contributed by atoms with E-state index in [1.54, 1.807) is 0 Å². The summed E-state index contributed by atoms with van der Waals surface area (Å²) >= 11 is 0. The Kier molecular flexibility index (Phi) is 2.97. The average molecular weight is 186 g/mol. The van der Waals surface area contributed by atoms with Gasteiger partial charge in [0.05, 0.1) is 6.04 Å². The van der Waals surface area contributed by atoms with Crippen molar-refractivity contribution >= 4 is 17.6 Å². The number of ketones is 1. The van der Waals surface area contributed by atoms with E-state index in [9.17, 15) is 14.4 Å². The Hall–Kier alpha value is -1.43. The molecule has 1 aliphatic heterocycles. The van der Waals surface area contributed by atoms with Crippen LogP contribution in [0.25, 0.3) is 0 Å². The van der Waals surface area contributed by atoms with E-state index in [4.69, 9.17) is 10.5 Å². The van der Waals surface area contributed by atoms with E-state index in [1.807, 2.05) is 0 Å². The maximum Gasteiger partial charge on any atom is 0.309 e. The van der Waals surface area contributed by atoms with Gasteiger partial charge in [-0.1, -0.05) is 0 Å². The second kappa shape index (κ2) is 3.99. The molecule has 0 saturated carbocycles. The molecule has 1 aliphatic rings. The van der Waals surface area contributed by atoms with E-state index in [-0.39, 0.29) is 12.4 Å². The first kappa shape index (κ1) is 9.66. The summed E-state index contributed by atoms with van der Waals surface area (Å²) in [4.78, 5) is 32.2. The highest BCUT2D eigenvalue weighted by Gasteiger charge is 2.25. The molecule has 0 radical (unpaired) electrons. The first-order chi connectivity index (χ1) is 6.11. The van der Waals surface area contributed by atoms with Crippen LogP contribution < -0.4 is 11.1 Å². The van der Waals surface area contributed by atoms with E-state index in [0.717, 1.165) is 0 Å². The average Bonchev–Trinajstić information content (AvgIpc) is 2.08. The van der Waals surface area contributed by atoms with E-state index in [0.29, 0.717) is 13.0 Å². The molecular weight excluding hydrogens is 176 g/mol. The molecule has 1 fully saturated rings. The lowest BCUT2D eigenvalue weighted by Gasteiger charge is -2.20. The number of nitrogens with one attached hydrogen (secondary N) is 1. The fourth-order valence-electron chi connectivity index (χ4n) is 1.02. The van der Waals surface area contributed by atoms with Gasteiger partial charge in [0, 0.05) is 6.61 Å². The highest BCUT2D eigenvalue weighted by atomic mass is 16.5. The predicted molar refractivity (Wildman–Crippen MR) is 41.6 cm³/mol. The summed E-state index contributed by atoms with van der Waals surface area (Å²) in [5, 5.41) is 2.23. The molecule has 1 unspecified atom stereocenters. The van der Waals surface area contributed by atoms with Crippen molar-refractivity contribution in [3.05, 3.63) is 0 Å². The highest BCUT2D eigenvalue weighted by molar-refractivity contribution is 6.34. The molecule has 6 heteroatoms. The largest absolute Gasteiger partial charge is 0.374 e. The summed E-state index contributed by atoms with van der Waals surface area (Å²) in [5.41, 5.74) is 4.71. The molecule has 1 rings (SSSR count). The summed E-state index contributed by atoms with van der Waals surface area (Å²) in [6.07, 6.45) is 0.387. The van der Waals surface area contributed by atoms with E-state index in [1.165, 1.54) is 0 Å². The van der Waals surface area contributed by atoms with E-state index >= 15 is 0 Å². The molecule has 0 aromatic carbocycles. The Morgan fingerprint density at radius 2 is 2.23 bits per heavy atom. The SMILES string of the molecule is NC(=O)C(=O)NC1CCOCC1=O. The molecule has 1 saturated heterocycles. The Morgan fingerprint density at radius 3 is 2.77 bits per heavy atom. The number of primary amides is 1. The zero-order valence-electron chi connectivity index (χ0n) is 6.91. The monoisotopic (exact) mass is 186 g/mol. The lowest BCUT2D eigenvalue weighted by molar-refractivity contribution is -0.140. The third kappa shape index (κ3) is 2.51. The van der Waals surface area contributed by atoms with Crippen LogP contribution in [0.2, 0.25) is 0 Å². The van der Waals surface area contributed by atoms with Crippen molar-refractivity contribution in [3.8, 4) is 0 Å². The highest BCUT2D eigenvalue weighted by Crippen LogP contribution is 2.02. The first-order valence-corrected chi connectivity index (χ1v) is 3.82. The zero-order chi connectivity index (χ0) is 9.84. The van der Waals surface area contributed by atoms with Crippen molar-refractivity contribution in [2.45, 2.75) is 12.5 Å². The molecule has 1 heterocycles. The van der Waals surface area contributed by atoms with Crippen molar-refractivity contribution in [2.24, 2.45) is 5.73 Å². The summed E-state index contributed by atoms with van der Waals surface area (Å²) in [7, 11) is 0. The number of carbonyl (C=O) groups excluding carboxylic acids is 3. The van der Waals surface area contributed by atoms with Gasteiger partial charge in [-0.15, -0.1) is 0 Å². The minimum atomic E-state index is -1.08. The molecule has 1 atom stereocenters. The van der Waals surface area contributed by atoms with Gasteiger partial charge in [0.1, 0.15) is 6.61 Å². The summed E-state index contributed by atoms with van der Waals surface area (Å²) in [5.74, 6) is -2.25. The Balaban J connectivity index is 2.47. The number of amides is 2. The van der Waals surface area contributed by atoms with Crippen molar-refractivity contribution in [3.63, 3.8) is 0 Å². The summed E-state index contributed by atoms with van der Waals surface area (Å²) in [6, 6.07) is -0.631. The van der Waals surface area contributed by atoms with Crippen LogP contribution in [0.1, 0.15) is 6.42 Å². The van der Waals surface area contributed by atoms with E-state index < -0.39 is 17.9 Å². The van der Waals surface area contributed by atoms with Crippen molar-refractivity contribution < 1.29 is 19.1 Å². The third-order valence-electron chi connectivity index (χ3n) is 1.71. The Labute approximate surface area is 74.4 Å². The number of nitrogens with two attached hydrogens (primary N) is 1. The second-order valence-corrected chi connectivity index (χ2v) is 2.70. The van der Waals surface area contributed by atoms with Gasteiger partial charge in [-0.25, -0.2) is 0 Å². The van der Waals surface area contributed by atoms with E-state index in [2.05, 4.69) is 5.32 Å². The van der Waals surface area contributed by atoms with Crippen LogP contribution in [-0.4, -0.2) is 36.9 Å². The van der Waals surface area contributed by atoms with Crippen molar-refractivity contribution in [1.29, 1.82) is 0 Å². The van der Waals surface area contributed by atoms with Gasteiger partial charge in [-0.05, 0) is 6.42 Å². The smallest absolute Gasteiger partial charge is 0.309 e. The number of hydrogen-bond acceptors (Lipinski definition) is 4. The molecule has 0 spiro atoms. The topological polar surface area (TPSA) is 98.5 Å². The molecule has 72 valence electrons. The zero-order valence-corrected chi connectivity index (χ0v) is 6.91. The van der Waals surface area contributed by atoms with Crippen LogP contribution in [0.15, 0.2) is 0 Å². The van der Waals surface area contributed by atoms with Crippen molar-refractivity contribution in [1.82, 2.24) is 5.32 Å². The van der Waals surface area contributed by atoms with Gasteiger partial charge in [0.2, 0.25) is 0 Å². The molecule has 0 bridgehead atoms. The molecular formula is C7H10N2O4. The molecule has 0 aliphatic carbocycles. The number of ether oxygens (including phenoxy) is 1. The van der Waals surface area contributed by atoms with Crippen LogP contribution in [0.4, 0.5) is 0 Å². The van der Waals surface area contributed by atoms with Crippen LogP contribution in [-0.2, 0) is 19.1 Å². The fraction of sp³-hybridized carbons (Fsp3) is 0.571. The molecule has 6 nitrogen and oxygen atoms in total. The van der Waals surface area contributed by atoms with Gasteiger partial charge in [-0.2, -0.15) is 0 Å². The Bertz CT molecular complexity index is 251. The van der Waals surface area contributed by atoms with Gasteiger partial charge in [0.15, 0.2) is 5.78 Å². The number of rotatable bonds is 1. The lowest BCUT2D eigenvalue weighted by Crippen LogP contribution is -2.49. The maximum atomic E-state index is 11.1.